The summed E-state index contributed by atoms with van der Waals surface area (Å²) in [4.78, 5) is 35.2. The van der Waals surface area contributed by atoms with Crippen molar-refractivity contribution in [1.82, 2.24) is 9.88 Å². The summed E-state index contributed by atoms with van der Waals surface area (Å²) in [6.45, 7) is 5.62. The highest BCUT2D eigenvalue weighted by atomic mass is 16.5. The van der Waals surface area contributed by atoms with Gasteiger partial charge in [-0.2, -0.15) is 0 Å². The van der Waals surface area contributed by atoms with Crippen molar-refractivity contribution in [2.24, 2.45) is 0 Å². The predicted molar refractivity (Wildman–Crippen MR) is 74.8 cm³/mol. The second kappa shape index (κ2) is 6.88. The van der Waals surface area contributed by atoms with Crippen LogP contribution in [-0.2, 0) is 16.1 Å². The maximum Gasteiger partial charge on any atom is 0.340 e. The summed E-state index contributed by atoms with van der Waals surface area (Å²) in [5, 5.41) is 2.50. The highest BCUT2D eigenvalue weighted by Gasteiger charge is 2.18. The van der Waals surface area contributed by atoms with E-state index >= 15 is 0 Å². The van der Waals surface area contributed by atoms with Crippen molar-refractivity contribution in [2.45, 2.75) is 33.7 Å². The lowest BCUT2D eigenvalue weighted by molar-refractivity contribution is -0.120. The molecule has 1 heterocycles. The van der Waals surface area contributed by atoms with E-state index in [9.17, 15) is 14.4 Å². The zero-order chi connectivity index (χ0) is 15.3. The maximum atomic E-state index is 12.0. The Morgan fingerprint density at radius 1 is 1.35 bits per heavy atom. The number of nitrogens with one attached hydrogen (secondary N) is 1. The van der Waals surface area contributed by atoms with E-state index in [4.69, 9.17) is 4.74 Å². The van der Waals surface area contributed by atoms with Crippen molar-refractivity contribution in [3.63, 3.8) is 0 Å². The molecule has 0 saturated heterocycles. The Kier molecular flexibility index (Phi) is 5.49. The molecule has 0 unspecified atom stereocenters. The molecule has 6 nitrogen and oxygen atoms in total. The molecule has 1 aromatic rings. The van der Waals surface area contributed by atoms with E-state index in [0.717, 1.165) is 0 Å². The van der Waals surface area contributed by atoms with Crippen molar-refractivity contribution < 1.29 is 14.3 Å². The first kappa shape index (κ1) is 15.9. The summed E-state index contributed by atoms with van der Waals surface area (Å²) < 4.78 is 6.42. The molecule has 0 aliphatic rings. The number of hydrogen-bond donors (Lipinski definition) is 1. The second-order valence-corrected chi connectivity index (χ2v) is 4.42. The van der Waals surface area contributed by atoms with Gasteiger partial charge in [0.1, 0.15) is 0 Å². The van der Waals surface area contributed by atoms with Gasteiger partial charge in [0.25, 0.3) is 5.56 Å². The number of aromatic nitrogens is 1. The highest BCUT2D eigenvalue weighted by molar-refractivity contribution is 5.92. The fourth-order valence-electron chi connectivity index (χ4n) is 2.05. The molecule has 1 rings (SSSR count). The number of carbonyl (C=O) groups is 2. The summed E-state index contributed by atoms with van der Waals surface area (Å²) in [5.74, 6) is -0.606. The number of rotatable bonds is 5. The van der Waals surface area contributed by atoms with Gasteiger partial charge < -0.3 is 14.6 Å². The summed E-state index contributed by atoms with van der Waals surface area (Å²) in [5.41, 5.74) is 1.28. The number of ether oxygens (including phenoxy) is 1. The normalized spacial score (nSPS) is 10.2. The molecule has 0 bridgehead atoms. The van der Waals surface area contributed by atoms with E-state index in [0.29, 0.717) is 16.8 Å². The van der Waals surface area contributed by atoms with Gasteiger partial charge in [0.15, 0.2) is 0 Å². The molecule has 0 radical (unpaired) electrons. The Morgan fingerprint density at radius 3 is 2.55 bits per heavy atom. The Balaban J connectivity index is 3.19. The number of aryl methyl sites for hydroxylation is 1. The lowest BCUT2D eigenvalue weighted by Gasteiger charge is -2.15. The summed E-state index contributed by atoms with van der Waals surface area (Å²) >= 11 is 0. The number of hydrogen-bond acceptors (Lipinski definition) is 4. The molecule has 0 aliphatic heterocycles. The zero-order valence-electron chi connectivity index (χ0n) is 12.3. The third-order valence-electron chi connectivity index (χ3n) is 3.09. The van der Waals surface area contributed by atoms with Crippen LogP contribution >= 0.6 is 0 Å². The fraction of sp³-hybridized carbons (Fsp3) is 0.500. The van der Waals surface area contributed by atoms with Gasteiger partial charge in [-0.1, -0.05) is 0 Å². The van der Waals surface area contributed by atoms with Gasteiger partial charge in [-0.3, -0.25) is 9.59 Å². The average Bonchev–Trinajstić information content (AvgIpc) is 2.37. The molecule has 0 aromatic carbocycles. The lowest BCUT2D eigenvalue weighted by Crippen LogP contribution is -2.28. The number of esters is 1. The van der Waals surface area contributed by atoms with Gasteiger partial charge in [-0.15, -0.1) is 0 Å². The molecule has 0 spiro atoms. The topological polar surface area (TPSA) is 77.4 Å². The van der Waals surface area contributed by atoms with Crippen molar-refractivity contribution in [3.8, 4) is 0 Å². The van der Waals surface area contributed by atoms with E-state index < -0.39 is 5.97 Å². The van der Waals surface area contributed by atoms with Gasteiger partial charge in [0.05, 0.1) is 12.2 Å². The van der Waals surface area contributed by atoms with E-state index in [-0.39, 0.29) is 31.0 Å². The standard InChI is InChI=1S/C14H20N2O4/c1-5-20-14(19)13-9(2)8-12(18)16(10(13)3)7-6-11(17)15-4/h8H,5-7H2,1-4H3,(H,15,17). The number of nitrogens with zero attached hydrogens (tertiary/aromatic N) is 1. The molecule has 20 heavy (non-hydrogen) atoms. The van der Waals surface area contributed by atoms with Crippen molar-refractivity contribution in [3.05, 3.63) is 33.2 Å². The van der Waals surface area contributed by atoms with Crippen LogP contribution in [0.4, 0.5) is 0 Å². The third-order valence-corrected chi connectivity index (χ3v) is 3.09. The van der Waals surface area contributed by atoms with Crippen LogP contribution in [0.2, 0.25) is 0 Å². The van der Waals surface area contributed by atoms with Gasteiger partial charge in [0, 0.05) is 31.8 Å². The van der Waals surface area contributed by atoms with Crippen molar-refractivity contribution in [1.29, 1.82) is 0 Å². The van der Waals surface area contributed by atoms with E-state index in [1.54, 1.807) is 20.8 Å². The Morgan fingerprint density at radius 2 is 2.00 bits per heavy atom. The first-order chi connectivity index (χ1) is 9.42. The maximum absolute atomic E-state index is 12.0. The minimum atomic E-state index is -0.448. The smallest absolute Gasteiger partial charge is 0.340 e. The lowest BCUT2D eigenvalue weighted by atomic mass is 10.1. The van der Waals surface area contributed by atoms with Crippen LogP contribution < -0.4 is 10.9 Å². The van der Waals surface area contributed by atoms with Gasteiger partial charge >= 0.3 is 5.97 Å². The van der Waals surface area contributed by atoms with Gasteiger partial charge in [-0.25, -0.2) is 4.79 Å². The zero-order valence-corrected chi connectivity index (χ0v) is 12.3. The molecule has 1 N–H and O–H groups in total. The molecule has 0 atom stereocenters. The van der Waals surface area contributed by atoms with Crippen molar-refractivity contribution in [2.75, 3.05) is 13.7 Å². The van der Waals surface area contributed by atoms with E-state index in [2.05, 4.69) is 5.32 Å². The van der Waals surface area contributed by atoms with Crippen LogP contribution in [0, 0.1) is 13.8 Å². The highest BCUT2D eigenvalue weighted by Crippen LogP contribution is 2.13. The van der Waals surface area contributed by atoms with Crippen LogP contribution in [0.25, 0.3) is 0 Å². The summed E-state index contributed by atoms with van der Waals surface area (Å²) in [6, 6.07) is 1.39. The van der Waals surface area contributed by atoms with Gasteiger partial charge in [-0.05, 0) is 26.3 Å². The Labute approximate surface area is 117 Å². The average molecular weight is 280 g/mol. The molecule has 0 aliphatic carbocycles. The number of amides is 1. The SMILES string of the molecule is CCOC(=O)c1c(C)cc(=O)n(CCC(=O)NC)c1C. The van der Waals surface area contributed by atoms with E-state index in [1.165, 1.54) is 17.7 Å². The monoisotopic (exact) mass is 280 g/mol. The molecular weight excluding hydrogens is 260 g/mol. The van der Waals surface area contributed by atoms with Crippen LogP contribution in [0.15, 0.2) is 10.9 Å². The van der Waals surface area contributed by atoms with Crippen LogP contribution in [0.3, 0.4) is 0 Å². The summed E-state index contributed by atoms with van der Waals surface area (Å²) in [7, 11) is 1.54. The van der Waals surface area contributed by atoms with E-state index in [1.807, 2.05) is 0 Å². The first-order valence-electron chi connectivity index (χ1n) is 6.51. The third kappa shape index (κ3) is 3.46. The molecule has 1 amide bonds. The molecule has 1 aromatic heterocycles. The molecular formula is C14H20N2O4. The largest absolute Gasteiger partial charge is 0.462 e. The number of carbonyl (C=O) groups excluding carboxylic acids is 2. The van der Waals surface area contributed by atoms with Crippen LogP contribution in [0.1, 0.15) is 35.0 Å². The quantitative estimate of drug-likeness (QED) is 0.808. The Hall–Kier alpha value is -2.11. The predicted octanol–water partition coefficient (Wildman–Crippen LogP) is 0.778. The summed E-state index contributed by atoms with van der Waals surface area (Å²) in [6.07, 6.45) is 0.183. The minimum absolute atomic E-state index is 0.158. The van der Waals surface area contributed by atoms with Gasteiger partial charge in [0.2, 0.25) is 5.91 Å². The minimum Gasteiger partial charge on any atom is -0.462 e. The molecule has 6 heteroatoms. The Bertz CT molecular complexity index is 575. The van der Waals surface area contributed by atoms with Crippen LogP contribution in [-0.4, -0.2) is 30.1 Å². The fourth-order valence-corrected chi connectivity index (χ4v) is 2.05. The molecule has 0 fully saturated rings. The van der Waals surface area contributed by atoms with Crippen LogP contribution in [0.5, 0.6) is 0 Å². The molecule has 0 saturated carbocycles. The number of pyridine rings is 1. The van der Waals surface area contributed by atoms with Crippen molar-refractivity contribution >= 4 is 11.9 Å². The second-order valence-electron chi connectivity index (χ2n) is 4.42. The first-order valence-corrected chi connectivity index (χ1v) is 6.51. The molecule has 110 valence electrons.